The van der Waals surface area contributed by atoms with E-state index >= 15 is 0 Å². The third-order valence-electron chi connectivity index (χ3n) is 1.48. The Bertz CT molecular complexity index is 231. The SMILES string of the molecule is CCC=CC1=[C]C=CCC1=O. The molecule has 0 bridgehead atoms. The van der Waals surface area contributed by atoms with Crippen molar-refractivity contribution in [1.82, 2.24) is 0 Å². The largest absolute Gasteiger partial charge is 0.294 e. The average Bonchev–Trinajstić information content (AvgIpc) is 2.03. The van der Waals surface area contributed by atoms with Crippen LogP contribution in [0.4, 0.5) is 0 Å². The third-order valence-corrected chi connectivity index (χ3v) is 1.48. The smallest absolute Gasteiger partial charge is 0.167 e. The third kappa shape index (κ3) is 2.19. The Morgan fingerprint density at radius 2 is 2.55 bits per heavy atom. The van der Waals surface area contributed by atoms with Crippen molar-refractivity contribution in [3.8, 4) is 0 Å². The second-order valence-corrected chi connectivity index (χ2v) is 2.40. The first-order chi connectivity index (χ1) is 5.34. The highest BCUT2D eigenvalue weighted by Crippen LogP contribution is 2.08. The molecular formula is C10H11O. The van der Waals surface area contributed by atoms with Gasteiger partial charge in [0.1, 0.15) is 0 Å². The molecule has 0 N–H and O–H groups in total. The highest BCUT2D eigenvalue weighted by molar-refractivity contribution is 5.99. The van der Waals surface area contributed by atoms with Crippen LogP contribution in [-0.2, 0) is 4.79 Å². The molecule has 1 heteroatoms. The van der Waals surface area contributed by atoms with Crippen LogP contribution in [0.15, 0.2) is 29.9 Å². The number of carbonyl (C=O) groups excluding carboxylic acids is 1. The summed E-state index contributed by atoms with van der Waals surface area (Å²) in [5, 5.41) is 0. The summed E-state index contributed by atoms with van der Waals surface area (Å²) in [6, 6.07) is 0. The van der Waals surface area contributed by atoms with Crippen LogP contribution < -0.4 is 0 Å². The van der Waals surface area contributed by atoms with Crippen LogP contribution in [0.25, 0.3) is 0 Å². The van der Waals surface area contributed by atoms with Gasteiger partial charge in [-0.15, -0.1) is 0 Å². The zero-order valence-electron chi connectivity index (χ0n) is 6.63. The van der Waals surface area contributed by atoms with E-state index in [0.717, 1.165) is 6.42 Å². The molecule has 1 rings (SSSR count). The minimum atomic E-state index is 0.164. The van der Waals surface area contributed by atoms with Gasteiger partial charge in [-0.25, -0.2) is 0 Å². The van der Waals surface area contributed by atoms with Crippen molar-refractivity contribution in [3.63, 3.8) is 0 Å². The molecule has 0 aliphatic heterocycles. The van der Waals surface area contributed by atoms with Gasteiger partial charge in [-0.1, -0.05) is 31.2 Å². The number of Topliss-reactive ketones (excluding diaryl/α,β-unsaturated/α-hetero) is 1. The normalized spacial score (nSPS) is 17.5. The van der Waals surface area contributed by atoms with Crippen molar-refractivity contribution in [2.75, 3.05) is 0 Å². The maximum Gasteiger partial charge on any atom is 0.167 e. The first-order valence-corrected chi connectivity index (χ1v) is 3.83. The molecule has 1 aliphatic rings. The number of carbonyl (C=O) groups is 1. The number of rotatable bonds is 2. The van der Waals surface area contributed by atoms with Crippen LogP contribution in [0, 0.1) is 6.08 Å². The minimum absolute atomic E-state index is 0.164. The quantitative estimate of drug-likeness (QED) is 0.585. The van der Waals surface area contributed by atoms with E-state index < -0.39 is 0 Å². The molecule has 1 aliphatic carbocycles. The lowest BCUT2D eigenvalue weighted by molar-refractivity contribution is -0.114. The van der Waals surface area contributed by atoms with Gasteiger partial charge in [-0.2, -0.15) is 0 Å². The Kier molecular flexibility index (Phi) is 2.84. The zero-order chi connectivity index (χ0) is 8.10. The Balaban J connectivity index is 2.68. The maximum absolute atomic E-state index is 11.1. The van der Waals surface area contributed by atoms with Gasteiger partial charge in [0.05, 0.1) is 0 Å². The van der Waals surface area contributed by atoms with Crippen molar-refractivity contribution in [1.29, 1.82) is 0 Å². The lowest BCUT2D eigenvalue weighted by atomic mass is 10.0. The maximum atomic E-state index is 11.1. The highest BCUT2D eigenvalue weighted by atomic mass is 16.1. The fraction of sp³-hybridized carbons (Fsp3) is 0.300. The van der Waals surface area contributed by atoms with E-state index in [1.54, 1.807) is 6.08 Å². The van der Waals surface area contributed by atoms with Crippen molar-refractivity contribution in [2.24, 2.45) is 0 Å². The Morgan fingerprint density at radius 3 is 3.18 bits per heavy atom. The number of hydrogen-bond donors (Lipinski definition) is 0. The molecule has 0 aromatic heterocycles. The molecule has 0 atom stereocenters. The van der Waals surface area contributed by atoms with Crippen molar-refractivity contribution < 1.29 is 4.79 Å². The molecule has 0 saturated carbocycles. The molecule has 0 heterocycles. The summed E-state index contributed by atoms with van der Waals surface area (Å²) in [7, 11) is 0. The molecule has 57 valence electrons. The van der Waals surface area contributed by atoms with Crippen LogP contribution in [0.5, 0.6) is 0 Å². The first kappa shape index (κ1) is 7.99. The van der Waals surface area contributed by atoms with Gasteiger partial charge >= 0.3 is 0 Å². The van der Waals surface area contributed by atoms with Gasteiger partial charge in [-0.05, 0) is 12.5 Å². The zero-order valence-corrected chi connectivity index (χ0v) is 6.63. The highest BCUT2D eigenvalue weighted by Gasteiger charge is 2.05. The summed E-state index contributed by atoms with van der Waals surface area (Å²) in [4.78, 5) is 11.1. The summed E-state index contributed by atoms with van der Waals surface area (Å²) in [6.45, 7) is 2.04. The number of ketones is 1. The van der Waals surface area contributed by atoms with E-state index in [-0.39, 0.29) is 5.78 Å². The van der Waals surface area contributed by atoms with Crippen molar-refractivity contribution >= 4 is 5.78 Å². The van der Waals surface area contributed by atoms with Crippen molar-refractivity contribution in [2.45, 2.75) is 19.8 Å². The van der Waals surface area contributed by atoms with E-state index in [0.29, 0.717) is 12.0 Å². The Hall–Kier alpha value is -1.11. The van der Waals surface area contributed by atoms with Crippen LogP contribution in [0.2, 0.25) is 0 Å². The minimum Gasteiger partial charge on any atom is -0.294 e. The predicted molar refractivity (Wildman–Crippen MR) is 45.0 cm³/mol. The van der Waals surface area contributed by atoms with Crippen LogP contribution >= 0.6 is 0 Å². The van der Waals surface area contributed by atoms with Crippen molar-refractivity contribution in [3.05, 3.63) is 36.0 Å². The van der Waals surface area contributed by atoms with Gasteiger partial charge in [0.15, 0.2) is 5.78 Å². The summed E-state index contributed by atoms with van der Waals surface area (Å²) >= 11 is 0. The molecule has 1 nitrogen and oxygen atoms in total. The Labute approximate surface area is 67.1 Å². The summed E-state index contributed by atoms with van der Waals surface area (Å²) < 4.78 is 0. The van der Waals surface area contributed by atoms with Crippen LogP contribution in [0.1, 0.15) is 19.8 Å². The van der Waals surface area contributed by atoms with E-state index in [2.05, 4.69) is 6.08 Å². The van der Waals surface area contributed by atoms with Gasteiger partial charge in [0.2, 0.25) is 0 Å². The second kappa shape index (κ2) is 3.91. The molecule has 0 aromatic rings. The summed E-state index contributed by atoms with van der Waals surface area (Å²) in [5.74, 6) is 0.164. The van der Waals surface area contributed by atoms with E-state index in [1.165, 1.54) is 0 Å². The molecule has 0 fully saturated rings. The number of hydrogen-bond acceptors (Lipinski definition) is 1. The van der Waals surface area contributed by atoms with Gasteiger partial charge in [0.25, 0.3) is 0 Å². The topological polar surface area (TPSA) is 17.1 Å². The van der Waals surface area contributed by atoms with E-state index in [4.69, 9.17) is 0 Å². The molecular weight excluding hydrogens is 136 g/mol. The molecule has 0 unspecified atom stereocenters. The lowest BCUT2D eigenvalue weighted by Crippen LogP contribution is -2.01. The standard InChI is InChI=1S/C10H11O/c1-2-3-6-9-7-4-5-8-10(9)11/h3-6H,2,8H2,1H3. The first-order valence-electron chi connectivity index (χ1n) is 3.83. The van der Waals surface area contributed by atoms with E-state index in [1.807, 2.05) is 25.2 Å². The van der Waals surface area contributed by atoms with Gasteiger partial charge in [-0.3, -0.25) is 4.79 Å². The Morgan fingerprint density at radius 1 is 1.73 bits per heavy atom. The van der Waals surface area contributed by atoms with Gasteiger partial charge < -0.3 is 0 Å². The lowest BCUT2D eigenvalue weighted by Gasteiger charge is -2.00. The van der Waals surface area contributed by atoms with Crippen LogP contribution in [0.3, 0.4) is 0 Å². The average molecular weight is 147 g/mol. The summed E-state index contributed by atoms with van der Waals surface area (Å²) in [5.41, 5.74) is 0.703. The fourth-order valence-electron chi connectivity index (χ4n) is 0.882. The number of allylic oxidation sites excluding steroid dienone is 6. The van der Waals surface area contributed by atoms with E-state index in [9.17, 15) is 4.79 Å². The molecule has 0 saturated heterocycles. The molecule has 0 amide bonds. The monoisotopic (exact) mass is 147 g/mol. The molecule has 0 spiro atoms. The molecule has 0 aromatic carbocycles. The molecule has 1 radical (unpaired) electrons. The second-order valence-electron chi connectivity index (χ2n) is 2.40. The summed E-state index contributed by atoms with van der Waals surface area (Å²) in [6.07, 6.45) is 11.8. The van der Waals surface area contributed by atoms with Gasteiger partial charge in [0, 0.05) is 12.0 Å². The molecule has 11 heavy (non-hydrogen) atoms. The predicted octanol–water partition coefficient (Wildman–Crippen LogP) is 2.21. The fourth-order valence-corrected chi connectivity index (χ4v) is 0.882. The van der Waals surface area contributed by atoms with Crippen LogP contribution in [-0.4, -0.2) is 5.78 Å².